The van der Waals surface area contributed by atoms with Crippen molar-refractivity contribution in [2.24, 2.45) is 5.92 Å². The van der Waals surface area contributed by atoms with Gasteiger partial charge in [-0.1, -0.05) is 38.1 Å². The highest BCUT2D eigenvalue weighted by Crippen LogP contribution is 2.37. The van der Waals surface area contributed by atoms with Crippen molar-refractivity contribution in [2.45, 2.75) is 32.3 Å². The highest BCUT2D eigenvalue weighted by atomic mass is 16.3. The van der Waals surface area contributed by atoms with Crippen molar-refractivity contribution >= 4 is 0 Å². The second-order valence-electron chi connectivity index (χ2n) is 4.24. The smallest absolute Gasteiger partial charge is 0.0651 e. The molecule has 70 valence electrons. The summed E-state index contributed by atoms with van der Waals surface area (Å²) in [4.78, 5) is 0. The maximum Gasteiger partial charge on any atom is 0.0651 e. The van der Waals surface area contributed by atoms with Gasteiger partial charge >= 0.3 is 0 Å². The Labute approximate surface area is 79.4 Å². The Bertz CT molecular complexity index is 304. The normalized spacial score (nSPS) is 26.5. The zero-order valence-electron chi connectivity index (χ0n) is 8.20. The zero-order chi connectivity index (χ0) is 9.42. The third kappa shape index (κ3) is 1.37. The number of fused-ring (bicyclic) bond motifs is 1. The zero-order valence-corrected chi connectivity index (χ0v) is 8.20. The van der Waals surface area contributed by atoms with Gasteiger partial charge in [0.25, 0.3) is 0 Å². The number of hydrogen-bond donors (Lipinski definition) is 1. The van der Waals surface area contributed by atoms with Gasteiger partial charge in [0.15, 0.2) is 0 Å². The monoisotopic (exact) mass is 176 g/mol. The van der Waals surface area contributed by atoms with E-state index in [9.17, 15) is 5.11 Å². The van der Waals surface area contributed by atoms with Gasteiger partial charge in [-0.2, -0.15) is 0 Å². The third-order valence-corrected chi connectivity index (χ3v) is 2.98. The molecule has 1 aromatic rings. The van der Waals surface area contributed by atoms with Crippen molar-refractivity contribution in [1.82, 2.24) is 0 Å². The van der Waals surface area contributed by atoms with E-state index in [0.29, 0.717) is 11.8 Å². The molecule has 2 atom stereocenters. The van der Waals surface area contributed by atoms with E-state index < -0.39 is 0 Å². The van der Waals surface area contributed by atoms with E-state index in [0.717, 1.165) is 6.42 Å². The Morgan fingerprint density at radius 1 is 1.31 bits per heavy atom. The van der Waals surface area contributed by atoms with E-state index in [2.05, 4.69) is 32.0 Å². The molecule has 0 saturated carbocycles. The van der Waals surface area contributed by atoms with Gasteiger partial charge in [0.05, 0.1) is 6.10 Å². The summed E-state index contributed by atoms with van der Waals surface area (Å²) in [5, 5.41) is 9.88. The van der Waals surface area contributed by atoms with Crippen LogP contribution in [-0.2, 0) is 6.42 Å². The van der Waals surface area contributed by atoms with Gasteiger partial charge in [0, 0.05) is 5.92 Å². The minimum absolute atomic E-state index is 0.169. The van der Waals surface area contributed by atoms with Gasteiger partial charge in [-0.3, -0.25) is 0 Å². The van der Waals surface area contributed by atoms with Gasteiger partial charge < -0.3 is 5.11 Å². The molecule has 0 bridgehead atoms. The first kappa shape index (κ1) is 8.76. The fourth-order valence-electron chi connectivity index (χ4n) is 2.41. The average molecular weight is 176 g/mol. The van der Waals surface area contributed by atoms with Crippen LogP contribution in [0.4, 0.5) is 0 Å². The van der Waals surface area contributed by atoms with E-state index >= 15 is 0 Å². The van der Waals surface area contributed by atoms with E-state index in [-0.39, 0.29) is 6.10 Å². The fraction of sp³-hybridized carbons (Fsp3) is 0.500. The molecule has 1 heteroatoms. The lowest BCUT2D eigenvalue weighted by Crippen LogP contribution is -2.18. The molecule has 1 aliphatic rings. The summed E-state index contributed by atoms with van der Waals surface area (Å²) in [5.74, 6) is 0.870. The molecule has 1 unspecified atom stereocenters. The summed E-state index contributed by atoms with van der Waals surface area (Å²) in [7, 11) is 0. The Kier molecular flexibility index (Phi) is 2.12. The van der Waals surface area contributed by atoms with Gasteiger partial charge in [-0.15, -0.1) is 0 Å². The van der Waals surface area contributed by atoms with Crippen LogP contribution in [0, 0.1) is 5.92 Å². The van der Waals surface area contributed by atoms with Gasteiger partial charge in [0.2, 0.25) is 0 Å². The standard InChI is InChI=1S/C12H16O/c1-8(2)12-10-6-4-3-5-9(10)7-11(12)13/h3-6,8,11-13H,7H2,1-2H3/t11-,12?/m1/s1. The van der Waals surface area contributed by atoms with Crippen molar-refractivity contribution < 1.29 is 5.11 Å². The molecular formula is C12H16O. The Balaban J connectivity index is 2.40. The minimum atomic E-state index is -0.169. The van der Waals surface area contributed by atoms with Crippen LogP contribution in [0.2, 0.25) is 0 Å². The van der Waals surface area contributed by atoms with E-state index in [1.165, 1.54) is 11.1 Å². The van der Waals surface area contributed by atoms with E-state index in [1.807, 2.05) is 6.07 Å². The van der Waals surface area contributed by atoms with Crippen molar-refractivity contribution in [1.29, 1.82) is 0 Å². The maximum atomic E-state index is 9.88. The number of hydrogen-bond acceptors (Lipinski definition) is 1. The average Bonchev–Trinajstić information content (AvgIpc) is 2.39. The highest BCUT2D eigenvalue weighted by Gasteiger charge is 2.32. The van der Waals surface area contributed by atoms with Crippen LogP contribution in [0.1, 0.15) is 30.9 Å². The molecular weight excluding hydrogens is 160 g/mol. The molecule has 0 spiro atoms. The Hall–Kier alpha value is -0.820. The summed E-state index contributed by atoms with van der Waals surface area (Å²) in [6.07, 6.45) is 0.663. The second-order valence-corrected chi connectivity index (χ2v) is 4.24. The quantitative estimate of drug-likeness (QED) is 0.696. The maximum absolute atomic E-state index is 9.88. The van der Waals surface area contributed by atoms with Crippen molar-refractivity contribution in [2.75, 3.05) is 0 Å². The van der Waals surface area contributed by atoms with Gasteiger partial charge in [0.1, 0.15) is 0 Å². The summed E-state index contributed by atoms with van der Waals surface area (Å²) in [6, 6.07) is 8.39. The molecule has 0 fully saturated rings. The lowest BCUT2D eigenvalue weighted by molar-refractivity contribution is 0.136. The van der Waals surface area contributed by atoms with Crippen molar-refractivity contribution in [3.63, 3.8) is 0 Å². The van der Waals surface area contributed by atoms with Crippen LogP contribution >= 0.6 is 0 Å². The highest BCUT2D eigenvalue weighted by molar-refractivity contribution is 5.37. The van der Waals surface area contributed by atoms with Gasteiger partial charge in [-0.05, 0) is 23.5 Å². The SMILES string of the molecule is CC(C)C1c2ccccc2C[C@H]1O. The number of aliphatic hydroxyl groups is 1. The Morgan fingerprint density at radius 3 is 2.69 bits per heavy atom. The summed E-state index contributed by atoms with van der Waals surface area (Å²) >= 11 is 0. The number of aliphatic hydroxyl groups excluding tert-OH is 1. The van der Waals surface area contributed by atoms with Crippen LogP contribution < -0.4 is 0 Å². The summed E-state index contributed by atoms with van der Waals surface area (Å²) in [5.41, 5.74) is 2.68. The largest absolute Gasteiger partial charge is 0.392 e. The first-order valence-corrected chi connectivity index (χ1v) is 4.96. The molecule has 1 aliphatic carbocycles. The first-order chi connectivity index (χ1) is 6.20. The summed E-state index contributed by atoms with van der Waals surface area (Å²) < 4.78 is 0. The molecule has 0 radical (unpaired) electrons. The van der Waals surface area contributed by atoms with Crippen LogP contribution in [-0.4, -0.2) is 11.2 Å². The lowest BCUT2D eigenvalue weighted by atomic mass is 9.89. The van der Waals surface area contributed by atoms with Crippen LogP contribution in [0.3, 0.4) is 0 Å². The van der Waals surface area contributed by atoms with Crippen LogP contribution in [0.15, 0.2) is 24.3 Å². The van der Waals surface area contributed by atoms with Gasteiger partial charge in [-0.25, -0.2) is 0 Å². The number of benzene rings is 1. The summed E-state index contributed by atoms with van der Waals surface area (Å²) in [6.45, 7) is 4.35. The molecule has 0 aromatic heterocycles. The topological polar surface area (TPSA) is 20.2 Å². The molecule has 1 nitrogen and oxygen atoms in total. The van der Waals surface area contributed by atoms with Crippen molar-refractivity contribution in [3.05, 3.63) is 35.4 Å². The minimum Gasteiger partial charge on any atom is -0.392 e. The molecule has 2 rings (SSSR count). The third-order valence-electron chi connectivity index (χ3n) is 2.98. The predicted octanol–water partition coefficient (Wildman–Crippen LogP) is 2.34. The fourth-order valence-corrected chi connectivity index (χ4v) is 2.41. The molecule has 0 aliphatic heterocycles. The molecule has 1 aromatic carbocycles. The molecule has 0 heterocycles. The van der Waals surface area contributed by atoms with Crippen LogP contribution in [0.25, 0.3) is 0 Å². The number of rotatable bonds is 1. The lowest BCUT2D eigenvalue weighted by Gasteiger charge is -2.19. The molecule has 0 amide bonds. The molecule has 13 heavy (non-hydrogen) atoms. The molecule has 0 saturated heterocycles. The van der Waals surface area contributed by atoms with Crippen LogP contribution in [0.5, 0.6) is 0 Å². The second kappa shape index (κ2) is 3.15. The predicted molar refractivity (Wildman–Crippen MR) is 53.7 cm³/mol. The van der Waals surface area contributed by atoms with Crippen molar-refractivity contribution in [3.8, 4) is 0 Å². The van der Waals surface area contributed by atoms with E-state index in [1.54, 1.807) is 0 Å². The Morgan fingerprint density at radius 2 is 2.00 bits per heavy atom. The first-order valence-electron chi connectivity index (χ1n) is 4.96. The van der Waals surface area contributed by atoms with E-state index in [4.69, 9.17) is 0 Å². The molecule has 1 N–H and O–H groups in total.